The predicted octanol–water partition coefficient (Wildman–Crippen LogP) is 3.38. The van der Waals surface area contributed by atoms with Gasteiger partial charge in [0.2, 0.25) is 0 Å². The van der Waals surface area contributed by atoms with Crippen LogP contribution in [0.2, 0.25) is 0 Å². The van der Waals surface area contributed by atoms with E-state index in [1.165, 1.54) is 12.1 Å². The number of benzene rings is 1. The molecule has 0 amide bonds. The fraction of sp³-hybridized carbons (Fsp3) is 0.333. The molecule has 1 aromatic carbocycles. The van der Waals surface area contributed by atoms with E-state index >= 15 is 0 Å². The lowest BCUT2D eigenvalue weighted by Gasteiger charge is -2.22. The molecule has 5 heteroatoms. The largest absolute Gasteiger partial charge is 0.370 e. The second kappa shape index (κ2) is 6.32. The van der Waals surface area contributed by atoms with Crippen LogP contribution in [-0.4, -0.2) is 23.6 Å². The van der Waals surface area contributed by atoms with Crippen molar-refractivity contribution < 1.29 is 4.39 Å². The number of aromatic nitrogens is 2. The van der Waals surface area contributed by atoms with Crippen molar-refractivity contribution in [2.24, 2.45) is 0 Å². The molecule has 0 unspecified atom stereocenters. The number of hydrogen-bond donors (Lipinski definition) is 1. The Hall–Kier alpha value is -2.17. The van der Waals surface area contributed by atoms with Crippen LogP contribution >= 0.6 is 0 Å². The molecule has 0 fully saturated rings. The lowest BCUT2D eigenvalue weighted by molar-refractivity contribution is 0.628. The van der Waals surface area contributed by atoms with Crippen molar-refractivity contribution in [2.45, 2.75) is 20.3 Å². The minimum absolute atomic E-state index is 0.242. The predicted molar refractivity (Wildman–Crippen MR) is 80.0 cm³/mol. The number of nitrogens with one attached hydrogen (secondary N) is 1. The molecule has 0 radical (unpaired) electrons. The summed E-state index contributed by atoms with van der Waals surface area (Å²) in [6.45, 7) is 4.91. The molecule has 2 aromatic rings. The van der Waals surface area contributed by atoms with Gasteiger partial charge in [0.15, 0.2) is 0 Å². The zero-order chi connectivity index (χ0) is 14.5. The molecular formula is C15H19FN4. The zero-order valence-corrected chi connectivity index (χ0v) is 12.0. The average Bonchev–Trinajstić information content (AvgIpc) is 2.47. The SMILES string of the molecule is CCNc1ncnc(N(C)c2ccc(F)cc2)c1CC. The maximum atomic E-state index is 13.0. The molecule has 1 heterocycles. The Labute approximate surface area is 118 Å². The third kappa shape index (κ3) is 2.87. The number of halogens is 1. The molecule has 0 saturated carbocycles. The van der Waals surface area contributed by atoms with Gasteiger partial charge in [0.1, 0.15) is 23.8 Å². The summed E-state index contributed by atoms with van der Waals surface area (Å²) in [6.07, 6.45) is 2.37. The lowest BCUT2D eigenvalue weighted by atomic mass is 10.2. The van der Waals surface area contributed by atoms with E-state index in [4.69, 9.17) is 0 Å². The smallest absolute Gasteiger partial charge is 0.141 e. The monoisotopic (exact) mass is 274 g/mol. The van der Waals surface area contributed by atoms with E-state index in [1.54, 1.807) is 18.5 Å². The van der Waals surface area contributed by atoms with Gasteiger partial charge in [-0.15, -0.1) is 0 Å². The molecule has 0 spiro atoms. The van der Waals surface area contributed by atoms with Crippen LogP contribution in [0.25, 0.3) is 0 Å². The molecule has 0 atom stereocenters. The summed E-state index contributed by atoms with van der Waals surface area (Å²) in [5.74, 6) is 1.45. The van der Waals surface area contributed by atoms with Crippen LogP contribution in [0.1, 0.15) is 19.4 Å². The van der Waals surface area contributed by atoms with E-state index < -0.39 is 0 Å². The molecule has 0 aliphatic carbocycles. The van der Waals surface area contributed by atoms with Gasteiger partial charge in [-0.1, -0.05) is 6.92 Å². The van der Waals surface area contributed by atoms with Gasteiger partial charge in [0.05, 0.1) is 0 Å². The fourth-order valence-electron chi connectivity index (χ4n) is 2.12. The molecule has 1 aromatic heterocycles. The number of nitrogens with zero attached hydrogens (tertiary/aromatic N) is 3. The highest BCUT2D eigenvalue weighted by Gasteiger charge is 2.14. The molecule has 0 saturated heterocycles. The Morgan fingerprint density at radius 1 is 1.15 bits per heavy atom. The summed E-state index contributed by atoms with van der Waals surface area (Å²) in [4.78, 5) is 10.6. The van der Waals surface area contributed by atoms with E-state index in [1.807, 2.05) is 18.9 Å². The topological polar surface area (TPSA) is 41.1 Å². The number of hydrogen-bond acceptors (Lipinski definition) is 4. The first-order chi connectivity index (χ1) is 9.67. The van der Waals surface area contributed by atoms with E-state index in [2.05, 4.69) is 22.2 Å². The molecule has 2 rings (SSSR count). The van der Waals surface area contributed by atoms with E-state index in [-0.39, 0.29) is 5.82 Å². The van der Waals surface area contributed by atoms with Crippen LogP contribution in [0.5, 0.6) is 0 Å². The highest BCUT2D eigenvalue weighted by atomic mass is 19.1. The minimum Gasteiger partial charge on any atom is -0.370 e. The first kappa shape index (κ1) is 14.2. The second-order valence-corrected chi connectivity index (χ2v) is 4.44. The zero-order valence-electron chi connectivity index (χ0n) is 12.0. The molecule has 1 N–H and O–H groups in total. The van der Waals surface area contributed by atoms with Gasteiger partial charge in [0, 0.05) is 24.8 Å². The van der Waals surface area contributed by atoms with Gasteiger partial charge >= 0.3 is 0 Å². The molecular weight excluding hydrogens is 255 g/mol. The van der Waals surface area contributed by atoms with Crippen molar-refractivity contribution in [1.82, 2.24) is 9.97 Å². The van der Waals surface area contributed by atoms with Gasteiger partial charge in [-0.25, -0.2) is 14.4 Å². The minimum atomic E-state index is -0.242. The van der Waals surface area contributed by atoms with Crippen LogP contribution in [0.4, 0.5) is 21.7 Å². The lowest BCUT2D eigenvalue weighted by Crippen LogP contribution is -2.16. The third-order valence-corrected chi connectivity index (χ3v) is 3.15. The van der Waals surface area contributed by atoms with Crippen LogP contribution in [-0.2, 0) is 6.42 Å². The summed E-state index contributed by atoms with van der Waals surface area (Å²) in [5, 5.41) is 3.25. The molecule has 0 bridgehead atoms. The molecule has 106 valence electrons. The van der Waals surface area contributed by atoms with E-state index in [9.17, 15) is 4.39 Å². The Bertz CT molecular complexity index is 569. The summed E-state index contributed by atoms with van der Waals surface area (Å²) in [5.41, 5.74) is 1.95. The van der Waals surface area contributed by atoms with Gasteiger partial charge in [-0.05, 0) is 37.6 Å². The van der Waals surface area contributed by atoms with Crippen molar-refractivity contribution in [3.8, 4) is 0 Å². The third-order valence-electron chi connectivity index (χ3n) is 3.15. The van der Waals surface area contributed by atoms with Crippen molar-refractivity contribution in [1.29, 1.82) is 0 Å². The maximum absolute atomic E-state index is 13.0. The van der Waals surface area contributed by atoms with Crippen LogP contribution in [0, 0.1) is 5.82 Å². The summed E-state index contributed by atoms with van der Waals surface area (Å²) in [6, 6.07) is 6.38. The van der Waals surface area contributed by atoms with Crippen molar-refractivity contribution in [3.63, 3.8) is 0 Å². The summed E-state index contributed by atoms with van der Waals surface area (Å²) < 4.78 is 13.0. The van der Waals surface area contributed by atoms with Gasteiger partial charge in [-0.2, -0.15) is 0 Å². The quantitative estimate of drug-likeness (QED) is 0.907. The van der Waals surface area contributed by atoms with Crippen LogP contribution in [0.15, 0.2) is 30.6 Å². The number of anilines is 3. The van der Waals surface area contributed by atoms with Gasteiger partial charge < -0.3 is 10.2 Å². The van der Waals surface area contributed by atoms with Crippen molar-refractivity contribution in [3.05, 3.63) is 42.0 Å². The Morgan fingerprint density at radius 2 is 1.85 bits per heavy atom. The van der Waals surface area contributed by atoms with Crippen molar-refractivity contribution >= 4 is 17.3 Å². The standard InChI is InChI=1S/C15H19FN4/c1-4-13-14(17-5-2)18-10-19-15(13)20(3)12-8-6-11(16)7-9-12/h6-10H,4-5H2,1-3H3,(H,17,18,19). The molecule has 0 aliphatic heterocycles. The first-order valence-electron chi connectivity index (χ1n) is 6.74. The van der Waals surface area contributed by atoms with E-state index in [0.717, 1.165) is 35.9 Å². The molecule has 20 heavy (non-hydrogen) atoms. The van der Waals surface area contributed by atoms with Gasteiger partial charge in [-0.3, -0.25) is 0 Å². The van der Waals surface area contributed by atoms with Gasteiger partial charge in [0.25, 0.3) is 0 Å². The second-order valence-electron chi connectivity index (χ2n) is 4.44. The Balaban J connectivity index is 2.40. The van der Waals surface area contributed by atoms with Crippen LogP contribution in [0.3, 0.4) is 0 Å². The fourth-order valence-corrected chi connectivity index (χ4v) is 2.12. The Kier molecular flexibility index (Phi) is 4.50. The Morgan fingerprint density at radius 3 is 2.45 bits per heavy atom. The molecule has 0 aliphatic rings. The average molecular weight is 274 g/mol. The van der Waals surface area contributed by atoms with Crippen molar-refractivity contribution in [2.75, 3.05) is 23.8 Å². The normalized spacial score (nSPS) is 10.4. The number of rotatable bonds is 5. The highest BCUT2D eigenvalue weighted by Crippen LogP contribution is 2.28. The summed E-state index contributed by atoms with van der Waals surface area (Å²) in [7, 11) is 1.92. The van der Waals surface area contributed by atoms with Crippen LogP contribution < -0.4 is 10.2 Å². The maximum Gasteiger partial charge on any atom is 0.141 e. The molecule has 4 nitrogen and oxygen atoms in total. The highest BCUT2D eigenvalue weighted by molar-refractivity contribution is 5.66. The van der Waals surface area contributed by atoms with E-state index in [0.29, 0.717) is 0 Å². The summed E-state index contributed by atoms with van der Waals surface area (Å²) >= 11 is 0. The first-order valence-corrected chi connectivity index (χ1v) is 6.74.